The summed E-state index contributed by atoms with van der Waals surface area (Å²) in [5, 5.41) is 13.5. The molecule has 0 aliphatic heterocycles. The fourth-order valence-electron chi connectivity index (χ4n) is 2.73. The van der Waals surface area contributed by atoms with Crippen LogP contribution in [0.4, 0.5) is 0 Å². The summed E-state index contributed by atoms with van der Waals surface area (Å²) < 4.78 is 5.44. The van der Waals surface area contributed by atoms with Crippen LogP contribution < -0.4 is 0 Å². The number of esters is 1. The summed E-state index contributed by atoms with van der Waals surface area (Å²) in [5.74, 6) is -0.336. The third-order valence-corrected chi connectivity index (χ3v) is 5.12. The van der Waals surface area contributed by atoms with Crippen molar-refractivity contribution < 1.29 is 9.53 Å². The number of ether oxygens (including phenoxy) is 1. The molecule has 0 saturated heterocycles. The van der Waals surface area contributed by atoms with Crippen molar-refractivity contribution >= 4 is 17.3 Å². The van der Waals surface area contributed by atoms with Gasteiger partial charge in [0.05, 0.1) is 5.92 Å². The second kappa shape index (κ2) is 6.17. The highest BCUT2D eigenvalue weighted by molar-refractivity contribution is 7.07. The van der Waals surface area contributed by atoms with Gasteiger partial charge in [0.15, 0.2) is 0 Å². The Kier molecular flexibility index (Phi) is 4.23. The molecule has 0 N–H and O–H groups in total. The zero-order valence-corrected chi connectivity index (χ0v) is 14.1. The molecule has 3 rings (SSSR count). The Bertz CT molecular complexity index is 743. The minimum Gasteiger partial charge on any atom is -0.442 e. The van der Waals surface area contributed by atoms with E-state index >= 15 is 0 Å². The number of rotatable bonds is 5. The van der Waals surface area contributed by atoms with Crippen molar-refractivity contribution in [1.29, 1.82) is 5.26 Å². The van der Waals surface area contributed by atoms with Gasteiger partial charge in [0, 0.05) is 5.56 Å². The van der Waals surface area contributed by atoms with Crippen LogP contribution in [0.1, 0.15) is 43.1 Å². The summed E-state index contributed by atoms with van der Waals surface area (Å²) in [6, 6.07) is 11.9. The lowest BCUT2D eigenvalue weighted by atomic mass is 10.0. The van der Waals surface area contributed by atoms with E-state index in [-0.39, 0.29) is 17.3 Å². The van der Waals surface area contributed by atoms with Crippen molar-refractivity contribution in [2.45, 2.75) is 32.8 Å². The second-order valence-corrected chi connectivity index (χ2v) is 7.52. The van der Waals surface area contributed by atoms with Gasteiger partial charge in [-0.1, -0.05) is 38.1 Å². The lowest BCUT2D eigenvalue weighted by Crippen LogP contribution is -2.14. The predicted octanol–water partition coefficient (Wildman–Crippen LogP) is 4.49. The van der Waals surface area contributed by atoms with Gasteiger partial charge in [-0.15, -0.1) is 0 Å². The first-order valence-corrected chi connectivity index (χ1v) is 8.64. The normalized spacial score (nSPS) is 19.6. The van der Waals surface area contributed by atoms with E-state index < -0.39 is 6.10 Å². The van der Waals surface area contributed by atoms with Crippen LogP contribution >= 0.6 is 11.3 Å². The Hall–Kier alpha value is -2.12. The molecule has 118 valence electrons. The molecular formula is C19H19NO2S. The number of thiophene rings is 1. The number of benzene rings is 1. The van der Waals surface area contributed by atoms with Gasteiger partial charge < -0.3 is 4.74 Å². The monoisotopic (exact) mass is 325 g/mol. The summed E-state index contributed by atoms with van der Waals surface area (Å²) in [7, 11) is 0. The zero-order chi connectivity index (χ0) is 16.4. The average Bonchev–Trinajstić information content (AvgIpc) is 2.93. The highest BCUT2D eigenvalue weighted by Crippen LogP contribution is 2.52. The first-order valence-electron chi connectivity index (χ1n) is 7.69. The van der Waals surface area contributed by atoms with E-state index in [1.807, 2.05) is 38.1 Å². The molecule has 0 bridgehead atoms. The standard InChI is InChI=1S/C19H19NO2S/c1-19(2)10-16(19)18(21)22-17(11-20)15-5-3-4-13(9-15)8-14-6-7-23-12-14/h3-7,9,12,16-17H,8,10H2,1-2H3/t16-,17?/m0/s1. The van der Waals surface area contributed by atoms with E-state index in [2.05, 4.69) is 22.9 Å². The molecule has 0 amide bonds. The van der Waals surface area contributed by atoms with E-state index in [9.17, 15) is 10.1 Å². The van der Waals surface area contributed by atoms with Gasteiger partial charge >= 0.3 is 5.97 Å². The number of hydrogen-bond acceptors (Lipinski definition) is 4. The highest BCUT2D eigenvalue weighted by atomic mass is 32.1. The average molecular weight is 325 g/mol. The van der Waals surface area contributed by atoms with Crippen LogP contribution in [-0.2, 0) is 16.0 Å². The molecule has 1 aromatic carbocycles. The Morgan fingerprint density at radius 3 is 2.83 bits per heavy atom. The van der Waals surface area contributed by atoms with Gasteiger partial charge in [0.25, 0.3) is 0 Å². The van der Waals surface area contributed by atoms with E-state index in [1.54, 1.807) is 11.3 Å². The lowest BCUT2D eigenvalue weighted by molar-refractivity contribution is -0.149. The minimum absolute atomic E-state index is 0.0118. The molecular weight excluding hydrogens is 306 g/mol. The third kappa shape index (κ3) is 3.62. The molecule has 4 heteroatoms. The molecule has 1 saturated carbocycles. The summed E-state index contributed by atoms with van der Waals surface area (Å²) in [6.45, 7) is 4.09. The molecule has 1 unspecified atom stereocenters. The van der Waals surface area contributed by atoms with Crippen molar-refractivity contribution in [2.24, 2.45) is 11.3 Å². The van der Waals surface area contributed by atoms with Crippen LogP contribution in [-0.4, -0.2) is 5.97 Å². The molecule has 1 aliphatic rings. The maximum Gasteiger partial charge on any atom is 0.311 e. The third-order valence-electron chi connectivity index (χ3n) is 4.39. The van der Waals surface area contributed by atoms with E-state index in [0.29, 0.717) is 0 Å². The van der Waals surface area contributed by atoms with Crippen molar-refractivity contribution in [3.05, 3.63) is 57.8 Å². The summed E-state index contributed by atoms with van der Waals surface area (Å²) in [4.78, 5) is 12.1. The Labute approximate surface area is 140 Å². The van der Waals surface area contributed by atoms with Gasteiger partial charge in [0.1, 0.15) is 6.07 Å². The van der Waals surface area contributed by atoms with Crippen LogP contribution in [0.3, 0.4) is 0 Å². The molecule has 2 aromatic rings. The second-order valence-electron chi connectivity index (χ2n) is 6.74. The van der Waals surface area contributed by atoms with Crippen LogP contribution in [0.15, 0.2) is 41.1 Å². The number of nitrogens with zero attached hydrogens (tertiary/aromatic N) is 1. The maximum absolute atomic E-state index is 12.1. The number of carbonyl (C=O) groups is 1. The molecule has 0 radical (unpaired) electrons. The minimum atomic E-state index is -0.832. The molecule has 1 fully saturated rings. The van der Waals surface area contributed by atoms with Gasteiger partial charge in [0.2, 0.25) is 6.10 Å². The van der Waals surface area contributed by atoms with E-state index in [0.717, 1.165) is 24.0 Å². The fourth-order valence-corrected chi connectivity index (χ4v) is 3.40. The van der Waals surface area contributed by atoms with Gasteiger partial charge in [-0.05, 0) is 46.2 Å². The van der Waals surface area contributed by atoms with E-state index in [1.165, 1.54) is 5.56 Å². The molecule has 0 spiro atoms. The Balaban J connectivity index is 1.71. The Morgan fingerprint density at radius 2 is 2.22 bits per heavy atom. The van der Waals surface area contributed by atoms with Crippen molar-refractivity contribution in [2.75, 3.05) is 0 Å². The fraction of sp³-hybridized carbons (Fsp3) is 0.368. The van der Waals surface area contributed by atoms with Gasteiger partial charge in [-0.25, -0.2) is 0 Å². The number of hydrogen-bond donors (Lipinski definition) is 0. The number of nitriles is 1. The molecule has 1 aromatic heterocycles. The molecule has 1 heterocycles. The maximum atomic E-state index is 12.1. The highest BCUT2D eigenvalue weighted by Gasteiger charge is 2.52. The van der Waals surface area contributed by atoms with Crippen molar-refractivity contribution in [1.82, 2.24) is 0 Å². The van der Waals surface area contributed by atoms with Crippen LogP contribution in [0, 0.1) is 22.7 Å². The smallest absolute Gasteiger partial charge is 0.311 e. The summed E-state index contributed by atoms with van der Waals surface area (Å²) in [6.07, 6.45) is 0.822. The van der Waals surface area contributed by atoms with Crippen LogP contribution in [0.5, 0.6) is 0 Å². The van der Waals surface area contributed by atoms with Crippen molar-refractivity contribution in [3.8, 4) is 6.07 Å². The first kappa shape index (κ1) is 15.8. The molecule has 3 nitrogen and oxygen atoms in total. The molecule has 2 atom stereocenters. The number of carbonyl (C=O) groups excluding carboxylic acids is 1. The van der Waals surface area contributed by atoms with Gasteiger partial charge in [-0.2, -0.15) is 16.6 Å². The topological polar surface area (TPSA) is 50.1 Å². The van der Waals surface area contributed by atoms with E-state index in [4.69, 9.17) is 4.74 Å². The summed E-state index contributed by atoms with van der Waals surface area (Å²) in [5.41, 5.74) is 3.12. The molecule has 1 aliphatic carbocycles. The predicted molar refractivity (Wildman–Crippen MR) is 89.9 cm³/mol. The summed E-state index contributed by atoms with van der Waals surface area (Å²) >= 11 is 1.67. The molecule has 23 heavy (non-hydrogen) atoms. The SMILES string of the molecule is CC1(C)C[C@H]1C(=O)OC(C#N)c1cccc(Cc2ccsc2)c1. The lowest BCUT2D eigenvalue weighted by Gasteiger charge is -2.13. The van der Waals surface area contributed by atoms with Crippen molar-refractivity contribution in [3.63, 3.8) is 0 Å². The van der Waals surface area contributed by atoms with Crippen LogP contribution in [0.2, 0.25) is 0 Å². The zero-order valence-electron chi connectivity index (χ0n) is 13.3. The first-order chi connectivity index (χ1) is 11.0. The largest absolute Gasteiger partial charge is 0.442 e. The van der Waals surface area contributed by atoms with Crippen LogP contribution in [0.25, 0.3) is 0 Å². The van der Waals surface area contributed by atoms with Gasteiger partial charge in [-0.3, -0.25) is 4.79 Å². The Morgan fingerprint density at radius 1 is 1.43 bits per heavy atom. The quantitative estimate of drug-likeness (QED) is 0.761.